The standard InChI is InChI=1S/C9H16F3N3/c1-2-14-8(13)15-5-3-4-7(6-15)9(10,11)12/h7H,2-6H2,1H3,(H2,13,14). The quantitative estimate of drug-likeness (QED) is 0.542. The van der Waals surface area contributed by atoms with Gasteiger partial charge in [-0.2, -0.15) is 13.2 Å². The van der Waals surface area contributed by atoms with Crippen LogP contribution in [0, 0.1) is 5.92 Å². The third kappa shape index (κ3) is 3.28. The van der Waals surface area contributed by atoms with Crippen molar-refractivity contribution in [1.29, 1.82) is 0 Å². The monoisotopic (exact) mass is 223 g/mol. The van der Waals surface area contributed by atoms with Gasteiger partial charge >= 0.3 is 6.18 Å². The molecule has 88 valence electrons. The van der Waals surface area contributed by atoms with Crippen molar-refractivity contribution in [2.45, 2.75) is 25.9 Å². The first-order chi connectivity index (χ1) is 6.95. The molecule has 1 unspecified atom stereocenters. The second kappa shape index (κ2) is 4.72. The average Bonchev–Trinajstić information content (AvgIpc) is 2.17. The summed E-state index contributed by atoms with van der Waals surface area (Å²) < 4.78 is 37.4. The topological polar surface area (TPSA) is 41.6 Å². The van der Waals surface area contributed by atoms with Crippen LogP contribution in [0.15, 0.2) is 4.99 Å². The summed E-state index contributed by atoms with van der Waals surface area (Å²) in [6, 6.07) is 0. The van der Waals surface area contributed by atoms with Gasteiger partial charge in [0.25, 0.3) is 0 Å². The highest BCUT2D eigenvalue weighted by Gasteiger charge is 2.42. The maximum absolute atomic E-state index is 12.5. The smallest absolute Gasteiger partial charge is 0.370 e. The Kier molecular flexibility index (Phi) is 3.82. The Morgan fingerprint density at radius 3 is 2.73 bits per heavy atom. The number of rotatable bonds is 1. The summed E-state index contributed by atoms with van der Waals surface area (Å²) in [6.07, 6.45) is -3.41. The molecule has 0 aliphatic carbocycles. The molecule has 1 atom stereocenters. The Morgan fingerprint density at radius 1 is 1.53 bits per heavy atom. The highest BCUT2D eigenvalue weighted by Crippen LogP contribution is 2.32. The van der Waals surface area contributed by atoms with Crippen LogP contribution < -0.4 is 5.73 Å². The maximum atomic E-state index is 12.5. The minimum absolute atomic E-state index is 0.0567. The number of hydrogen-bond acceptors (Lipinski definition) is 1. The molecule has 3 nitrogen and oxygen atoms in total. The van der Waals surface area contributed by atoms with Crippen LogP contribution in [0.1, 0.15) is 19.8 Å². The number of aliphatic imine (C=N–C) groups is 1. The second-order valence-corrected chi connectivity index (χ2v) is 3.66. The van der Waals surface area contributed by atoms with E-state index in [1.165, 1.54) is 4.90 Å². The lowest BCUT2D eigenvalue weighted by atomic mass is 9.98. The lowest BCUT2D eigenvalue weighted by Gasteiger charge is -2.34. The van der Waals surface area contributed by atoms with Gasteiger partial charge < -0.3 is 10.6 Å². The normalized spacial score (nSPS) is 24.4. The predicted molar refractivity (Wildman–Crippen MR) is 52.5 cm³/mol. The van der Waals surface area contributed by atoms with Crippen molar-refractivity contribution >= 4 is 5.96 Å². The van der Waals surface area contributed by atoms with E-state index >= 15 is 0 Å². The Morgan fingerprint density at radius 2 is 2.20 bits per heavy atom. The molecule has 0 bridgehead atoms. The van der Waals surface area contributed by atoms with Crippen LogP contribution in [-0.4, -0.2) is 36.7 Å². The third-order valence-electron chi connectivity index (χ3n) is 2.53. The average molecular weight is 223 g/mol. The summed E-state index contributed by atoms with van der Waals surface area (Å²) in [4.78, 5) is 5.44. The van der Waals surface area contributed by atoms with Crippen LogP contribution in [0.2, 0.25) is 0 Å². The molecule has 6 heteroatoms. The molecule has 15 heavy (non-hydrogen) atoms. The van der Waals surface area contributed by atoms with Crippen molar-refractivity contribution < 1.29 is 13.2 Å². The maximum Gasteiger partial charge on any atom is 0.393 e. The number of likely N-dealkylation sites (tertiary alicyclic amines) is 1. The van der Waals surface area contributed by atoms with Gasteiger partial charge in [-0.25, -0.2) is 0 Å². The van der Waals surface area contributed by atoms with E-state index in [0.29, 0.717) is 19.5 Å². The van der Waals surface area contributed by atoms with E-state index in [-0.39, 0.29) is 18.9 Å². The van der Waals surface area contributed by atoms with Crippen LogP contribution in [-0.2, 0) is 0 Å². The molecule has 1 heterocycles. The lowest BCUT2D eigenvalue weighted by molar-refractivity contribution is -0.183. The molecular weight excluding hydrogens is 207 g/mol. The molecular formula is C9H16F3N3. The zero-order chi connectivity index (χ0) is 11.5. The lowest BCUT2D eigenvalue weighted by Crippen LogP contribution is -2.47. The molecule has 1 aliphatic heterocycles. The van der Waals surface area contributed by atoms with E-state index in [1.54, 1.807) is 6.92 Å². The first-order valence-corrected chi connectivity index (χ1v) is 5.06. The molecule has 2 N–H and O–H groups in total. The Bertz CT molecular complexity index is 237. The fraction of sp³-hybridized carbons (Fsp3) is 0.889. The number of piperidine rings is 1. The zero-order valence-corrected chi connectivity index (χ0v) is 8.72. The van der Waals surface area contributed by atoms with E-state index in [0.717, 1.165) is 0 Å². The van der Waals surface area contributed by atoms with Gasteiger partial charge in [-0.1, -0.05) is 0 Å². The Balaban J connectivity index is 2.60. The highest BCUT2D eigenvalue weighted by molar-refractivity contribution is 5.78. The highest BCUT2D eigenvalue weighted by atomic mass is 19.4. The van der Waals surface area contributed by atoms with Gasteiger partial charge in [0.2, 0.25) is 0 Å². The van der Waals surface area contributed by atoms with Crippen molar-refractivity contribution in [3.63, 3.8) is 0 Å². The van der Waals surface area contributed by atoms with Crippen molar-refractivity contribution in [3.05, 3.63) is 0 Å². The number of nitrogens with two attached hydrogens (primary N) is 1. The first kappa shape index (κ1) is 12.1. The molecule has 1 rings (SSSR count). The molecule has 0 amide bonds. The first-order valence-electron chi connectivity index (χ1n) is 5.06. The Hall–Kier alpha value is -0.940. The summed E-state index contributed by atoms with van der Waals surface area (Å²) in [6.45, 7) is 2.82. The number of nitrogens with zero attached hydrogens (tertiary/aromatic N) is 2. The van der Waals surface area contributed by atoms with Crippen LogP contribution in [0.5, 0.6) is 0 Å². The number of halogens is 3. The Labute approximate surface area is 87.1 Å². The van der Waals surface area contributed by atoms with Gasteiger partial charge in [-0.15, -0.1) is 0 Å². The van der Waals surface area contributed by atoms with Gasteiger partial charge in [0.15, 0.2) is 5.96 Å². The zero-order valence-electron chi connectivity index (χ0n) is 8.72. The van der Waals surface area contributed by atoms with Crippen molar-refractivity contribution in [3.8, 4) is 0 Å². The molecule has 0 aromatic carbocycles. The molecule has 1 saturated heterocycles. The molecule has 1 fully saturated rings. The summed E-state index contributed by atoms with van der Waals surface area (Å²) in [5.41, 5.74) is 5.57. The fourth-order valence-corrected chi connectivity index (χ4v) is 1.71. The van der Waals surface area contributed by atoms with Crippen LogP contribution >= 0.6 is 0 Å². The van der Waals surface area contributed by atoms with Crippen molar-refractivity contribution in [1.82, 2.24) is 4.90 Å². The van der Waals surface area contributed by atoms with Crippen molar-refractivity contribution in [2.75, 3.05) is 19.6 Å². The summed E-state index contributed by atoms with van der Waals surface area (Å²) in [7, 11) is 0. The molecule has 0 spiro atoms. The fourth-order valence-electron chi connectivity index (χ4n) is 1.71. The number of guanidine groups is 1. The minimum atomic E-state index is -4.12. The van der Waals surface area contributed by atoms with Crippen molar-refractivity contribution in [2.24, 2.45) is 16.6 Å². The molecule has 0 saturated carbocycles. The molecule has 1 aliphatic rings. The van der Waals surface area contributed by atoms with Gasteiger partial charge in [0.1, 0.15) is 0 Å². The van der Waals surface area contributed by atoms with E-state index in [2.05, 4.69) is 4.99 Å². The van der Waals surface area contributed by atoms with Crippen LogP contribution in [0.25, 0.3) is 0 Å². The van der Waals surface area contributed by atoms with Crippen LogP contribution in [0.4, 0.5) is 13.2 Å². The van der Waals surface area contributed by atoms with E-state index in [1.807, 2.05) is 0 Å². The van der Waals surface area contributed by atoms with Gasteiger partial charge in [-0.3, -0.25) is 4.99 Å². The summed E-state index contributed by atoms with van der Waals surface area (Å²) in [5, 5.41) is 0. The molecule has 0 aromatic rings. The SMILES string of the molecule is CCN=C(N)N1CCCC(C(F)(F)F)C1. The van der Waals surface area contributed by atoms with Gasteiger partial charge in [-0.05, 0) is 19.8 Å². The van der Waals surface area contributed by atoms with E-state index in [4.69, 9.17) is 5.73 Å². The third-order valence-corrected chi connectivity index (χ3v) is 2.53. The largest absolute Gasteiger partial charge is 0.393 e. The van der Waals surface area contributed by atoms with Crippen LogP contribution in [0.3, 0.4) is 0 Å². The molecule has 0 radical (unpaired) electrons. The predicted octanol–water partition coefficient (Wildman–Crippen LogP) is 1.60. The van der Waals surface area contributed by atoms with Gasteiger partial charge in [0.05, 0.1) is 5.92 Å². The summed E-state index contributed by atoms with van der Waals surface area (Å²) in [5.74, 6) is -1.04. The van der Waals surface area contributed by atoms with E-state index < -0.39 is 12.1 Å². The minimum Gasteiger partial charge on any atom is -0.370 e. The number of alkyl halides is 3. The van der Waals surface area contributed by atoms with Gasteiger partial charge in [0, 0.05) is 19.6 Å². The summed E-state index contributed by atoms with van der Waals surface area (Å²) >= 11 is 0. The van der Waals surface area contributed by atoms with E-state index in [9.17, 15) is 13.2 Å². The number of hydrogen-bond donors (Lipinski definition) is 1. The second-order valence-electron chi connectivity index (χ2n) is 3.66. The molecule has 0 aromatic heterocycles.